The van der Waals surface area contributed by atoms with Gasteiger partial charge in [-0.1, -0.05) is 6.42 Å². The second-order valence-electron chi connectivity index (χ2n) is 7.01. The zero-order valence-electron chi connectivity index (χ0n) is 12.3. The van der Waals surface area contributed by atoms with Gasteiger partial charge < -0.3 is 10.6 Å². The van der Waals surface area contributed by atoms with Crippen LogP contribution in [-0.2, 0) is 4.79 Å². The lowest BCUT2D eigenvalue weighted by molar-refractivity contribution is -0.142. The first-order valence-corrected chi connectivity index (χ1v) is 7.79. The predicted octanol–water partition coefficient (Wildman–Crippen LogP) is 1.20. The van der Waals surface area contributed by atoms with Crippen molar-refractivity contribution in [1.82, 2.24) is 9.80 Å². The molecular weight excluding hydrogens is 238 g/mol. The van der Waals surface area contributed by atoms with Crippen LogP contribution in [0.5, 0.6) is 0 Å². The molecule has 3 rings (SSSR count). The first-order chi connectivity index (χ1) is 9.02. The van der Waals surface area contributed by atoms with Crippen LogP contribution in [0, 0.1) is 5.41 Å². The zero-order chi connectivity index (χ0) is 13.6. The van der Waals surface area contributed by atoms with E-state index < -0.39 is 0 Å². The molecule has 4 heteroatoms. The van der Waals surface area contributed by atoms with Gasteiger partial charge in [0.2, 0.25) is 5.91 Å². The number of fused-ring (bicyclic) bond motifs is 2. The first-order valence-electron chi connectivity index (χ1n) is 7.79. The van der Waals surface area contributed by atoms with Crippen molar-refractivity contribution in [3.8, 4) is 0 Å². The summed E-state index contributed by atoms with van der Waals surface area (Å²) in [5.74, 6) is 0.318. The summed E-state index contributed by atoms with van der Waals surface area (Å²) in [4.78, 5) is 17.5. The van der Waals surface area contributed by atoms with Crippen molar-refractivity contribution < 1.29 is 4.79 Å². The van der Waals surface area contributed by atoms with Crippen molar-refractivity contribution in [2.24, 2.45) is 11.1 Å². The number of amides is 1. The Labute approximate surface area is 116 Å². The SMILES string of the molecule is CN1C2CCC1CN(C(=O)C1(C)CCCC1N)CC2. The smallest absolute Gasteiger partial charge is 0.230 e. The number of hydrogen-bond donors (Lipinski definition) is 1. The maximum absolute atomic E-state index is 12.9. The number of rotatable bonds is 1. The fourth-order valence-corrected chi connectivity index (χ4v) is 4.31. The highest BCUT2D eigenvalue weighted by Gasteiger charge is 2.46. The lowest BCUT2D eigenvalue weighted by Crippen LogP contribution is -2.51. The molecule has 4 unspecified atom stereocenters. The molecule has 1 aliphatic carbocycles. The fraction of sp³-hybridized carbons (Fsp3) is 0.933. The number of nitrogens with two attached hydrogens (primary N) is 1. The van der Waals surface area contributed by atoms with E-state index in [2.05, 4.69) is 23.8 Å². The molecule has 1 saturated carbocycles. The monoisotopic (exact) mass is 265 g/mol. The molecule has 2 saturated heterocycles. The zero-order valence-corrected chi connectivity index (χ0v) is 12.3. The number of carbonyl (C=O) groups is 1. The highest BCUT2D eigenvalue weighted by atomic mass is 16.2. The van der Waals surface area contributed by atoms with Gasteiger partial charge in [0.15, 0.2) is 0 Å². The Morgan fingerprint density at radius 1 is 1.21 bits per heavy atom. The van der Waals surface area contributed by atoms with Crippen molar-refractivity contribution in [2.45, 2.75) is 63.6 Å². The van der Waals surface area contributed by atoms with E-state index in [0.29, 0.717) is 18.0 Å². The average molecular weight is 265 g/mol. The fourth-order valence-electron chi connectivity index (χ4n) is 4.31. The maximum atomic E-state index is 12.9. The predicted molar refractivity (Wildman–Crippen MR) is 75.7 cm³/mol. The summed E-state index contributed by atoms with van der Waals surface area (Å²) in [6.07, 6.45) is 6.75. The number of likely N-dealkylation sites (tertiary alicyclic amines) is 1. The van der Waals surface area contributed by atoms with E-state index in [9.17, 15) is 4.79 Å². The van der Waals surface area contributed by atoms with E-state index in [1.165, 1.54) is 12.8 Å². The Kier molecular flexibility index (Phi) is 3.34. The van der Waals surface area contributed by atoms with E-state index in [-0.39, 0.29) is 11.5 Å². The molecule has 1 amide bonds. The summed E-state index contributed by atoms with van der Waals surface area (Å²) in [6.45, 7) is 3.92. The number of carbonyl (C=O) groups excluding carboxylic acids is 1. The molecule has 108 valence electrons. The molecule has 2 bridgehead atoms. The van der Waals surface area contributed by atoms with Gasteiger partial charge >= 0.3 is 0 Å². The Bertz CT molecular complexity index is 372. The summed E-state index contributed by atoms with van der Waals surface area (Å²) < 4.78 is 0. The van der Waals surface area contributed by atoms with Gasteiger partial charge in [-0.2, -0.15) is 0 Å². The van der Waals surface area contributed by atoms with E-state index in [1.54, 1.807) is 0 Å². The molecule has 2 N–H and O–H groups in total. The summed E-state index contributed by atoms with van der Waals surface area (Å²) >= 11 is 0. The Morgan fingerprint density at radius 3 is 2.63 bits per heavy atom. The second kappa shape index (κ2) is 4.74. The molecule has 2 heterocycles. The third-order valence-electron chi connectivity index (χ3n) is 5.95. The topological polar surface area (TPSA) is 49.6 Å². The standard InChI is InChI=1S/C15H27N3O/c1-15(8-3-4-13(15)16)14(19)18-9-7-11-5-6-12(10-18)17(11)2/h11-13H,3-10,16H2,1-2H3. The molecule has 4 nitrogen and oxygen atoms in total. The molecule has 0 aromatic rings. The van der Waals surface area contributed by atoms with E-state index >= 15 is 0 Å². The third kappa shape index (κ3) is 2.09. The second-order valence-corrected chi connectivity index (χ2v) is 7.01. The molecular formula is C15H27N3O. The molecule has 0 spiro atoms. The quantitative estimate of drug-likeness (QED) is 0.775. The molecule has 3 fully saturated rings. The molecule has 19 heavy (non-hydrogen) atoms. The van der Waals surface area contributed by atoms with Gasteiger partial charge in [-0.05, 0) is 46.1 Å². The van der Waals surface area contributed by atoms with Crippen LogP contribution in [0.3, 0.4) is 0 Å². The Balaban J connectivity index is 1.74. The van der Waals surface area contributed by atoms with Crippen LogP contribution in [-0.4, -0.2) is 54.0 Å². The maximum Gasteiger partial charge on any atom is 0.230 e. The van der Waals surface area contributed by atoms with E-state index in [4.69, 9.17) is 5.73 Å². The van der Waals surface area contributed by atoms with Crippen molar-refractivity contribution in [1.29, 1.82) is 0 Å². The Hall–Kier alpha value is -0.610. The molecule has 0 aromatic heterocycles. The largest absolute Gasteiger partial charge is 0.341 e. The summed E-state index contributed by atoms with van der Waals surface area (Å²) in [5.41, 5.74) is 5.90. The first kappa shape index (κ1) is 13.4. The van der Waals surface area contributed by atoms with Gasteiger partial charge in [-0.15, -0.1) is 0 Å². The van der Waals surface area contributed by atoms with Crippen LogP contribution >= 0.6 is 0 Å². The van der Waals surface area contributed by atoms with Crippen LogP contribution in [0.1, 0.15) is 45.4 Å². The molecule has 0 aromatic carbocycles. The van der Waals surface area contributed by atoms with Gasteiger partial charge in [-0.3, -0.25) is 9.69 Å². The summed E-state index contributed by atoms with van der Waals surface area (Å²) in [5, 5.41) is 0. The average Bonchev–Trinajstić information content (AvgIpc) is 2.81. The molecule has 4 atom stereocenters. The third-order valence-corrected chi connectivity index (χ3v) is 5.95. The highest BCUT2D eigenvalue weighted by molar-refractivity contribution is 5.83. The minimum absolute atomic E-state index is 0.0539. The van der Waals surface area contributed by atoms with Gasteiger partial charge in [0.25, 0.3) is 0 Å². The Morgan fingerprint density at radius 2 is 1.95 bits per heavy atom. The van der Waals surface area contributed by atoms with Crippen LogP contribution < -0.4 is 5.73 Å². The van der Waals surface area contributed by atoms with Crippen LogP contribution in [0.2, 0.25) is 0 Å². The highest BCUT2D eigenvalue weighted by Crippen LogP contribution is 2.39. The van der Waals surface area contributed by atoms with Gasteiger partial charge in [0.1, 0.15) is 0 Å². The van der Waals surface area contributed by atoms with Gasteiger partial charge in [0.05, 0.1) is 5.41 Å². The lowest BCUT2D eigenvalue weighted by atomic mass is 9.83. The van der Waals surface area contributed by atoms with Crippen LogP contribution in [0.15, 0.2) is 0 Å². The summed E-state index contributed by atoms with van der Waals surface area (Å²) in [6, 6.07) is 1.31. The normalized spacial score (nSPS) is 43.5. The molecule has 2 aliphatic heterocycles. The minimum Gasteiger partial charge on any atom is -0.341 e. The van der Waals surface area contributed by atoms with Crippen molar-refractivity contribution >= 4 is 5.91 Å². The minimum atomic E-state index is -0.303. The van der Waals surface area contributed by atoms with Crippen LogP contribution in [0.4, 0.5) is 0 Å². The molecule has 0 radical (unpaired) electrons. The summed E-state index contributed by atoms with van der Waals surface area (Å²) in [7, 11) is 2.22. The van der Waals surface area contributed by atoms with E-state index in [0.717, 1.165) is 38.8 Å². The number of likely N-dealkylation sites (N-methyl/N-ethyl adjacent to an activating group) is 1. The van der Waals surface area contributed by atoms with Crippen molar-refractivity contribution in [2.75, 3.05) is 20.1 Å². The lowest BCUT2D eigenvalue weighted by Gasteiger charge is -2.35. The van der Waals surface area contributed by atoms with Crippen molar-refractivity contribution in [3.05, 3.63) is 0 Å². The van der Waals surface area contributed by atoms with E-state index in [1.807, 2.05) is 0 Å². The number of nitrogens with zero attached hydrogens (tertiary/aromatic N) is 2. The van der Waals surface area contributed by atoms with Gasteiger partial charge in [0, 0.05) is 31.2 Å². The van der Waals surface area contributed by atoms with Crippen LogP contribution in [0.25, 0.3) is 0 Å². The molecule has 3 aliphatic rings. The van der Waals surface area contributed by atoms with Gasteiger partial charge in [-0.25, -0.2) is 0 Å². The van der Waals surface area contributed by atoms with Crippen molar-refractivity contribution in [3.63, 3.8) is 0 Å². The number of hydrogen-bond acceptors (Lipinski definition) is 3.